The second kappa shape index (κ2) is 6.29. The molecule has 1 fully saturated rings. The van der Waals surface area contributed by atoms with Gasteiger partial charge >= 0.3 is 24.1 Å². The van der Waals surface area contributed by atoms with Gasteiger partial charge in [0.05, 0.1) is 12.5 Å². The third-order valence-corrected chi connectivity index (χ3v) is 3.39. The predicted molar refractivity (Wildman–Crippen MR) is 48.2 cm³/mol. The topological polar surface area (TPSA) is 147 Å². The summed E-state index contributed by atoms with van der Waals surface area (Å²) in [6.07, 6.45) is -11.9. The molecule has 0 saturated carbocycles. The SMILES string of the molecule is O=S(=O)([O-])C(F)(F)C[C@H]1OC(O)[C@H](O)[C@@H](O)[C@@H]1O.[Li+]. The van der Waals surface area contributed by atoms with E-state index in [-0.39, 0.29) is 18.9 Å². The first-order valence-electron chi connectivity index (χ1n) is 4.68. The molecule has 5 atom stereocenters. The van der Waals surface area contributed by atoms with Crippen molar-refractivity contribution in [2.45, 2.75) is 42.4 Å². The van der Waals surface area contributed by atoms with Crippen molar-refractivity contribution in [3.8, 4) is 0 Å². The van der Waals surface area contributed by atoms with Crippen molar-refractivity contribution in [2.75, 3.05) is 0 Å². The normalized spacial score (nSPS) is 36.7. The number of hydrogen-bond donors (Lipinski definition) is 4. The molecule has 0 radical (unpaired) electrons. The molecule has 12 heteroatoms. The van der Waals surface area contributed by atoms with E-state index in [9.17, 15) is 32.0 Å². The van der Waals surface area contributed by atoms with Gasteiger partial charge < -0.3 is 29.7 Å². The van der Waals surface area contributed by atoms with Gasteiger partial charge in [0.1, 0.15) is 18.3 Å². The molecule has 0 aromatic heterocycles. The Hall–Kier alpha value is 0.167. The molecule has 1 aliphatic heterocycles. The molecule has 108 valence electrons. The van der Waals surface area contributed by atoms with Crippen molar-refractivity contribution in [1.29, 1.82) is 0 Å². The van der Waals surface area contributed by atoms with Crippen LogP contribution in [0, 0.1) is 0 Å². The number of rotatable bonds is 3. The predicted octanol–water partition coefficient (Wildman–Crippen LogP) is -5.68. The van der Waals surface area contributed by atoms with Crippen molar-refractivity contribution < 1.29 is 65.8 Å². The van der Waals surface area contributed by atoms with E-state index in [4.69, 9.17) is 10.2 Å². The van der Waals surface area contributed by atoms with Crippen LogP contribution in [-0.2, 0) is 14.9 Å². The van der Waals surface area contributed by atoms with E-state index in [0.717, 1.165) is 0 Å². The van der Waals surface area contributed by atoms with E-state index in [2.05, 4.69) is 4.74 Å². The van der Waals surface area contributed by atoms with Crippen LogP contribution in [0.15, 0.2) is 0 Å². The molecule has 1 heterocycles. The zero-order valence-electron chi connectivity index (χ0n) is 9.68. The van der Waals surface area contributed by atoms with Gasteiger partial charge in [0.25, 0.3) is 0 Å². The van der Waals surface area contributed by atoms with Crippen LogP contribution in [0.4, 0.5) is 8.78 Å². The van der Waals surface area contributed by atoms with E-state index in [1.54, 1.807) is 0 Å². The molecule has 0 aliphatic carbocycles. The Morgan fingerprint density at radius 1 is 1.11 bits per heavy atom. The van der Waals surface area contributed by atoms with Crippen molar-refractivity contribution in [1.82, 2.24) is 0 Å². The number of hydrogen-bond acceptors (Lipinski definition) is 8. The fraction of sp³-hybridized carbons (Fsp3) is 1.00. The van der Waals surface area contributed by atoms with Gasteiger partial charge in [-0.05, 0) is 0 Å². The smallest absolute Gasteiger partial charge is 0.743 e. The molecule has 1 unspecified atom stereocenters. The van der Waals surface area contributed by atoms with Crippen LogP contribution in [0.2, 0.25) is 0 Å². The summed E-state index contributed by atoms with van der Waals surface area (Å²) >= 11 is 0. The summed E-state index contributed by atoms with van der Waals surface area (Å²) in [5, 5.41) is 31.8. The summed E-state index contributed by atoms with van der Waals surface area (Å²) in [4.78, 5) is 0. The first-order valence-corrected chi connectivity index (χ1v) is 6.09. The number of aliphatic hydroxyl groups is 4. The monoisotopic (exact) mass is 300 g/mol. The maximum atomic E-state index is 12.9. The average molecular weight is 300 g/mol. The molecule has 8 nitrogen and oxygen atoms in total. The molecule has 1 rings (SSSR count). The Kier molecular flexibility index (Phi) is 6.35. The molecule has 0 aromatic rings. The molecule has 19 heavy (non-hydrogen) atoms. The number of alkyl halides is 2. The maximum Gasteiger partial charge on any atom is 1.00 e. The fourth-order valence-corrected chi connectivity index (χ4v) is 1.80. The molecule has 4 N–H and O–H groups in total. The van der Waals surface area contributed by atoms with Gasteiger partial charge in [-0.15, -0.1) is 0 Å². The maximum absolute atomic E-state index is 12.9. The molecule has 1 aliphatic rings. The van der Waals surface area contributed by atoms with E-state index in [0.29, 0.717) is 0 Å². The quantitative estimate of drug-likeness (QED) is 0.298. The number of aliphatic hydroxyl groups excluding tert-OH is 4. The van der Waals surface area contributed by atoms with Gasteiger partial charge in [-0.2, -0.15) is 8.78 Å². The van der Waals surface area contributed by atoms with Gasteiger partial charge in [0, 0.05) is 0 Å². The summed E-state index contributed by atoms with van der Waals surface area (Å²) in [7, 11) is -5.97. The minimum absolute atomic E-state index is 0. The van der Waals surface area contributed by atoms with Crippen molar-refractivity contribution in [3.63, 3.8) is 0 Å². The minimum atomic E-state index is -5.97. The van der Waals surface area contributed by atoms with Crippen LogP contribution >= 0.6 is 0 Å². The number of ether oxygens (including phenoxy) is 1. The Bertz CT molecular complexity index is 404. The summed E-state index contributed by atoms with van der Waals surface area (Å²) in [6, 6.07) is 0. The van der Waals surface area contributed by atoms with E-state index in [1.165, 1.54) is 0 Å². The molecular formula is C7H11F2LiO8S. The standard InChI is InChI=1S/C7H12F2O8S.Li/c8-7(9,18(14,15)16)1-2-3(10)4(11)5(12)6(13)17-2;/h2-6,10-13H,1H2,(H,14,15,16);/q;+1/p-1/t2-,3-,4+,5-,6?;/m1./s1. The van der Waals surface area contributed by atoms with E-state index >= 15 is 0 Å². The van der Waals surface area contributed by atoms with Crippen molar-refractivity contribution in [3.05, 3.63) is 0 Å². The summed E-state index contributed by atoms with van der Waals surface area (Å²) < 4.78 is 60.9. The third kappa shape index (κ3) is 4.07. The molecule has 0 aromatic carbocycles. The Balaban J connectivity index is 0.00000324. The molecule has 0 spiro atoms. The van der Waals surface area contributed by atoms with Gasteiger partial charge in [-0.25, -0.2) is 8.42 Å². The second-order valence-corrected chi connectivity index (χ2v) is 5.34. The molecule has 0 bridgehead atoms. The minimum Gasteiger partial charge on any atom is -0.743 e. The van der Waals surface area contributed by atoms with E-state index in [1.807, 2.05) is 0 Å². The average Bonchev–Trinajstić information content (AvgIpc) is 2.21. The third-order valence-electron chi connectivity index (χ3n) is 2.49. The zero-order valence-corrected chi connectivity index (χ0v) is 10.5. The van der Waals surface area contributed by atoms with Crippen LogP contribution in [0.3, 0.4) is 0 Å². The Morgan fingerprint density at radius 2 is 1.58 bits per heavy atom. The number of halogens is 2. The first-order chi connectivity index (χ1) is 7.97. The largest absolute Gasteiger partial charge is 1.00 e. The fourth-order valence-electron chi connectivity index (χ4n) is 1.44. The first kappa shape index (κ1) is 19.2. The zero-order chi connectivity index (χ0) is 14.3. The summed E-state index contributed by atoms with van der Waals surface area (Å²) in [5.74, 6) is 0. The van der Waals surface area contributed by atoms with Crippen LogP contribution in [-0.4, -0.2) is 69.4 Å². The molecule has 1 saturated heterocycles. The van der Waals surface area contributed by atoms with Crippen LogP contribution < -0.4 is 18.9 Å². The van der Waals surface area contributed by atoms with Gasteiger partial charge in [-0.1, -0.05) is 0 Å². The molecule has 0 amide bonds. The summed E-state index contributed by atoms with van der Waals surface area (Å²) in [6.45, 7) is 0. The van der Waals surface area contributed by atoms with Crippen LogP contribution in [0.1, 0.15) is 6.42 Å². The Labute approximate surface area is 118 Å². The van der Waals surface area contributed by atoms with Gasteiger partial charge in [0.2, 0.25) is 0 Å². The molecular weight excluding hydrogens is 289 g/mol. The summed E-state index contributed by atoms with van der Waals surface area (Å²) in [5.41, 5.74) is 0. The van der Waals surface area contributed by atoms with E-state index < -0.39 is 52.5 Å². The van der Waals surface area contributed by atoms with Gasteiger partial charge in [0.15, 0.2) is 16.4 Å². The van der Waals surface area contributed by atoms with Crippen LogP contribution in [0.5, 0.6) is 0 Å². The second-order valence-electron chi connectivity index (χ2n) is 3.83. The van der Waals surface area contributed by atoms with Crippen molar-refractivity contribution >= 4 is 10.1 Å². The van der Waals surface area contributed by atoms with Gasteiger partial charge in [-0.3, -0.25) is 0 Å². The van der Waals surface area contributed by atoms with Crippen molar-refractivity contribution in [2.24, 2.45) is 0 Å². The van der Waals surface area contributed by atoms with Crippen LogP contribution in [0.25, 0.3) is 0 Å². The Morgan fingerprint density at radius 3 is 2.00 bits per heavy atom.